The lowest BCUT2D eigenvalue weighted by Crippen LogP contribution is -2.47. The highest BCUT2D eigenvalue weighted by Crippen LogP contribution is 2.48. The van der Waals surface area contributed by atoms with Gasteiger partial charge in [-0.25, -0.2) is 4.90 Å². The van der Waals surface area contributed by atoms with Gasteiger partial charge in [0, 0.05) is 13.1 Å². The minimum atomic E-state index is -0.292. The molecule has 3 heterocycles. The molecule has 2 amide bonds. The van der Waals surface area contributed by atoms with Gasteiger partial charge in [-0.3, -0.25) is 9.59 Å². The molecule has 0 aromatic heterocycles. The molecule has 0 N–H and O–H groups in total. The van der Waals surface area contributed by atoms with E-state index in [2.05, 4.69) is 0 Å². The number of carbonyl (C=O) groups is 2. The number of rotatable bonds is 2. The number of hydrogen-bond donors (Lipinski definition) is 0. The summed E-state index contributed by atoms with van der Waals surface area (Å²) >= 11 is 5.33. The fraction of sp³-hybridized carbons (Fsp3) is 0.769. The monoisotopic (exact) mass is 282 g/mol. The van der Waals surface area contributed by atoms with Gasteiger partial charge in [0.05, 0.1) is 24.0 Å². The lowest BCUT2D eigenvalue weighted by atomic mass is 9.81. The van der Waals surface area contributed by atoms with E-state index in [-0.39, 0.29) is 35.9 Å². The summed E-state index contributed by atoms with van der Waals surface area (Å²) in [4.78, 5) is 28.0. The van der Waals surface area contributed by atoms with Crippen LogP contribution < -0.4 is 0 Å². The maximum absolute atomic E-state index is 12.5. The van der Waals surface area contributed by atoms with Crippen molar-refractivity contribution in [1.29, 1.82) is 0 Å². The van der Waals surface area contributed by atoms with Crippen molar-refractivity contribution in [3.05, 3.63) is 0 Å². The van der Waals surface area contributed by atoms with Gasteiger partial charge in [-0.1, -0.05) is 0 Å². The Labute approximate surface area is 117 Å². The first-order chi connectivity index (χ1) is 9.10. The summed E-state index contributed by atoms with van der Waals surface area (Å²) in [5.41, 5.74) is 0. The molecule has 2 bridgehead atoms. The molecule has 0 unspecified atom stereocenters. The number of fused-ring (bicyclic) bond motifs is 5. The van der Waals surface area contributed by atoms with Crippen molar-refractivity contribution < 1.29 is 14.3 Å². The molecule has 4 atom stereocenters. The SMILES string of the molecule is CCN(CC)C(=S)N1C(=O)[C@@H]2[C@H](C1=O)[C@@H]1CC[C@@H]2O1. The second-order valence-electron chi connectivity index (χ2n) is 5.31. The summed E-state index contributed by atoms with van der Waals surface area (Å²) in [7, 11) is 0. The van der Waals surface area contributed by atoms with Crippen molar-refractivity contribution in [3.8, 4) is 0 Å². The summed E-state index contributed by atoms with van der Waals surface area (Å²) in [6.45, 7) is 5.33. The first kappa shape index (κ1) is 13.0. The van der Waals surface area contributed by atoms with Crippen LogP contribution in [0.2, 0.25) is 0 Å². The maximum atomic E-state index is 12.5. The summed E-state index contributed by atoms with van der Waals surface area (Å²) < 4.78 is 5.70. The minimum Gasteiger partial charge on any atom is -0.373 e. The van der Waals surface area contributed by atoms with Crippen LogP contribution in [0.4, 0.5) is 0 Å². The van der Waals surface area contributed by atoms with Crippen molar-refractivity contribution in [2.24, 2.45) is 11.8 Å². The van der Waals surface area contributed by atoms with Crippen molar-refractivity contribution >= 4 is 29.1 Å². The molecule has 0 saturated carbocycles. The van der Waals surface area contributed by atoms with Crippen molar-refractivity contribution in [2.75, 3.05) is 13.1 Å². The molecule has 0 aromatic rings. The lowest BCUT2D eigenvalue weighted by Gasteiger charge is -2.27. The Balaban J connectivity index is 1.87. The van der Waals surface area contributed by atoms with E-state index < -0.39 is 0 Å². The Morgan fingerprint density at radius 3 is 2.11 bits per heavy atom. The number of amides is 2. The van der Waals surface area contributed by atoms with Crippen LogP contribution in [0, 0.1) is 11.8 Å². The van der Waals surface area contributed by atoms with Crippen molar-refractivity contribution in [1.82, 2.24) is 9.80 Å². The van der Waals surface area contributed by atoms with Gasteiger partial charge in [-0.15, -0.1) is 0 Å². The summed E-state index contributed by atoms with van der Waals surface area (Å²) in [6.07, 6.45) is 1.62. The minimum absolute atomic E-state index is 0.0732. The zero-order chi connectivity index (χ0) is 13.7. The highest BCUT2D eigenvalue weighted by molar-refractivity contribution is 7.80. The second-order valence-corrected chi connectivity index (χ2v) is 5.67. The summed E-state index contributed by atoms with van der Waals surface area (Å²) in [5, 5.41) is 0.355. The molecule has 19 heavy (non-hydrogen) atoms. The Morgan fingerprint density at radius 2 is 1.68 bits per heavy atom. The van der Waals surface area contributed by atoms with Crippen LogP contribution in [0.5, 0.6) is 0 Å². The van der Waals surface area contributed by atoms with Gasteiger partial charge >= 0.3 is 0 Å². The lowest BCUT2D eigenvalue weighted by molar-refractivity contribution is -0.137. The molecule has 3 aliphatic heterocycles. The summed E-state index contributed by atoms with van der Waals surface area (Å²) in [5.74, 6) is -0.891. The van der Waals surface area contributed by atoms with Crippen molar-refractivity contribution in [3.63, 3.8) is 0 Å². The fourth-order valence-corrected chi connectivity index (χ4v) is 3.97. The molecule has 6 heteroatoms. The van der Waals surface area contributed by atoms with E-state index in [1.54, 1.807) is 0 Å². The van der Waals surface area contributed by atoms with E-state index in [0.717, 1.165) is 12.8 Å². The molecular weight excluding hydrogens is 264 g/mol. The predicted molar refractivity (Wildman–Crippen MR) is 72.2 cm³/mol. The highest BCUT2D eigenvalue weighted by atomic mass is 32.1. The maximum Gasteiger partial charge on any atom is 0.242 e. The van der Waals surface area contributed by atoms with E-state index >= 15 is 0 Å². The molecule has 0 spiro atoms. The van der Waals surface area contributed by atoms with Crippen LogP contribution in [-0.2, 0) is 14.3 Å². The Bertz CT molecular complexity index is 421. The molecule has 0 aromatic carbocycles. The predicted octanol–water partition coefficient (Wildman–Crippen LogP) is 0.775. The molecule has 0 radical (unpaired) electrons. The van der Waals surface area contributed by atoms with Crippen LogP contribution in [-0.4, -0.2) is 52.0 Å². The van der Waals surface area contributed by atoms with Gasteiger partial charge in [0.15, 0.2) is 5.11 Å². The van der Waals surface area contributed by atoms with Gasteiger partial charge in [-0.05, 0) is 38.9 Å². The van der Waals surface area contributed by atoms with Gasteiger partial charge in [0.2, 0.25) is 11.8 Å². The van der Waals surface area contributed by atoms with E-state index in [0.29, 0.717) is 18.2 Å². The second kappa shape index (κ2) is 4.52. The zero-order valence-electron chi connectivity index (χ0n) is 11.2. The normalized spacial score (nSPS) is 36.0. The van der Waals surface area contributed by atoms with Gasteiger partial charge in [0.1, 0.15) is 0 Å². The average Bonchev–Trinajstić information content (AvgIpc) is 3.05. The smallest absolute Gasteiger partial charge is 0.242 e. The molecular formula is C13H18N2O3S. The zero-order valence-corrected chi connectivity index (χ0v) is 12.0. The van der Waals surface area contributed by atoms with Crippen LogP contribution in [0.25, 0.3) is 0 Å². The number of thiocarbonyl (C=S) groups is 1. The molecule has 104 valence electrons. The third-order valence-corrected chi connectivity index (χ3v) is 4.95. The third-order valence-electron chi connectivity index (χ3n) is 4.51. The standard InChI is InChI=1S/C13H18N2O3S/c1-3-14(4-2)13(19)15-11(16)9-7-5-6-8(18-7)10(9)12(15)17/h7-10H,3-6H2,1-2H3/t7-,8-,9-,10+/m0/s1. The molecule has 3 fully saturated rings. The Hall–Kier alpha value is -1.01. The van der Waals surface area contributed by atoms with E-state index in [4.69, 9.17) is 17.0 Å². The van der Waals surface area contributed by atoms with Crippen molar-refractivity contribution in [2.45, 2.75) is 38.9 Å². The van der Waals surface area contributed by atoms with E-state index in [9.17, 15) is 9.59 Å². The molecule has 3 aliphatic rings. The molecule has 3 saturated heterocycles. The Morgan fingerprint density at radius 1 is 1.21 bits per heavy atom. The quantitative estimate of drug-likeness (QED) is 0.553. The third kappa shape index (κ3) is 1.66. The van der Waals surface area contributed by atoms with E-state index in [1.165, 1.54) is 4.90 Å². The Kier molecular flexibility index (Phi) is 3.09. The number of nitrogens with zero attached hydrogens (tertiary/aromatic N) is 2. The van der Waals surface area contributed by atoms with Crippen LogP contribution >= 0.6 is 12.2 Å². The summed E-state index contributed by atoms with van der Waals surface area (Å²) in [6, 6.07) is 0. The average molecular weight is 282 g/mol. The van der Waals surface area contributed by atoms with Crippen LogP contribution in [0.15, 0.2) is 0 Å². The number of carbonyl (C=O) groups excluding carboxylic acids is 2. The van der Waals surface area contributed by atoms with Crippen LogP contribution in [0.1, 0.15) is 26.7 Å². The van der Waals surface area contributed by atoms with E-state index in [1.807, 2.05) is 18.7 Å². The number of imide groups is 1. The van der Waals surface area contributed by atoms with Gasteiger partial charge < -0.3 is 9.64 Å². The molecule has 5 nitrogen and oxygen atoms in total. The van der Waals surface area contributed by atoms with Crippen LogP contribution in [0.3, 0.4) is 0 Å². The molecule has 0 aliphatic carbocycles. The number of likely N-dealkylation sites (tertiary alicyclic amines) is 1. The molecule has 3 rings (SSSR count). The topological polar surface area (TPSA) is 49.9 Å². The largest absolute Gasteiger partial charge is 0.373 e. The number of hydrogen-bond acceptors (Lipinski definition) is 4. The van der Waals surface area contributed by atoms with Gasteiger partial charge in [-0.2, -0.15) is 0 Å². The number of ether oxygens (including phenoxy) is 1. The highest BCUT2D eigenvalue weighted by Gasteiger charge is 2.63. The fourth-order valence-electron chi connectivity index (χ4n) is 3.54. The first-order valence-corrected chi connectivity index (χ1v) is 7.33. The van der Waals surface area contributed by atoms with Gasteiger partial charge in [0.25, 0.3) is 0 Å². The first-order valence-electron chi connectivity index (χ1n) is 6.92.